The highest BCUT2D eigenvalue weighted by molar-refractivity contribution is 5.81. The molecule has 0 radical (unpaired) electrons. The molecule has 0 unspecified atom stereocenters. The van der Waals surface area contributed by atoms with E-state index in [4.69, 9.17) is 5.11 Å². The molecule has 0 aliphatic rings. The molecule has 0 aromatic rings. The van der Waals surface area contributed by atoms with E-state index >= 15 is 0 Å². The first-order chi connectivity index (χ1) is 41.1. The lowest BCUT2D eigenvalue weighted by atomic mass is 10.00. The van der Waals surface area contributed by atoms with Crippen LogP contribution in [0.4, 0.5) is 0 Å². The Hall–Kier alpha value is -1.95. The Labute approximate surface area is 518 Å². The minimum absolute atomic E-state index is 0.181. The smallest absolute Gasteiger partial charge is 0.251 e. The van der Waals surface area contributed by atoms with E-state index in [1.165, 1.54) is 199 Å². The lowest BCUT2D eigenvalue weighted by molar-refractivity contribution is -0.148. The summed E-state index contributed by atoms with van der Waals surface area (Å²) in [6.45, 7) is 19.4. The van der Waals surface area contributed by atoms with Crippen molar-refractivity contribution >= 4 is 17.7 Å². The monoisotopic (exact) mass is 1200 g/mol. The van der Waals surface area contributed by atoms with Gasteiger partial charge in [-0.25, -0.2) is 0 Å². The zero-order chi connectivity index (χ0) is 61.9. The summed E-state index contributed by atoms with van der Waals surface area (Å²) in [6, 6.07) is 0. The quantitative estimate of drug-likeness (QED) is 0.0255. The van der Waals surface area contributed by atoms with Crippen LogP contribution in [0.5, 0.6) is 0 Å². The minimum atomic E-state index is -1.88. The molecule has 0 aliphatic carbocycles. The number of carbonyl (C=O) groups excluding carboxylic acids is 3. The zero-order valence-electron chi connectivity index (χ0n) is 55.7. The maximum Gasteiger partial charge on any atom is 0.251 e. The third-order valence-corrected chi connectivity index (χ3v) is 16.3. The lowest BCUT2D eigenvalue weighted by Crippen LogP contribution is -2.51. The topological polar surface area (TPSA) is 237 Å². The van der Waals surface area contributed by atoms with Crippen LogP contribution in [-0.2, 0) is 14.4 Å². The SMILES string of the molecule is CCCCCCCCCCCCC(=O)NCCCCCCC(CNCCCCNCCCC)CNCCCCNCCCC.CCCCCCCCCCCCCNC(=O)CCCCCCCCCCCNC(=O)[C@@H](O)[C@H](O)[C@H](O)[C@H](O)CO. The van der Waals surface area contributed by atoms with Crippen LogP contribution in [0.3, 0.4) is 0 Å². The first-order valence-electron chi connectivity index (χ1n) is 36.1. The number of hydrogen-bond donors (Lipinski definition) is 12. The summed E-state index contributed by atoms with van der Waals surface area (Å²) in [5.41, 5.74) is 0. The lowest BCUT2D eigenvalue weighted by Gasteiger charge is -2.24. The number of rotatable bonds is 67. The van der Waals surface area contributed by atoms with Crippen LogP contribution in [0, 0.1) is 5.92 Å². The van der Waals surface area contributed by atoms with E-state index in [1.807, 2.05) is 0 Å². The molecule has 0 saturated heterocycles. The van der Waals surface area contributed by atoms with E-state index in [1.54, 1.807) is 0 Å². The predicted octanol–water partition coefficient (Wildman–Crippen LogP) is 12.4. The van der Waals surface area contributed by atoms with Crippen molar-refractivity contribution in [3.05, 3.63) is 0 Å². The summed E-state index contributed by atoms with van der Waals surface area (Å²) in [5, 5.41) is 70.5. The van der Waals surface area contributed by atoms with Gasteiger partial charge in [-0.3, -0.25) is 14.4 Å². The van der Waals surface area contributed by atoms with Gasteiger partial charge in [0.2, 0.25) is 11.8 Å². The molecule has 0 fully saturated rings. The van der Waals surface area contributed by atoms with Gasteiger partial charge in [0.25, 0.3) is 5.91 Å². The van der Waals surface area contributed by atoms with Crippen LogP contribution in [-0.4, -0.2) is 146 Å². The number of unbranched alkanes of at least 4 members (excludes halogenated alkanes) is 34. The second kappa shape index (κ2) is 70.1. The van der Waals surface area contributed by atoms with Crippen molar-refractivity contribution in [2.45, 2.75) is 341 Å². The Morgan fingerprint density at radius 1 is 0.310 bits per heavy atom. The van der Waals surface area contributed by atoms with E-state index in [0.717, 1.165) is 142 Å². The minimum Gasteiger partial charge on any atom is -0.394 e. The maximum absolute atomic E-state index is 12.2. The molecule has 0 aromatic heterocycles. The van der Waals surface area contributed by atoms with Gasteiger partial charge < -0.3 is 62.8 Å². The number of aliphatic hydroxyl groups excluding tert-OH is 5. The van der Waals surface area contributed by atoms with Crippen LogP contribution >= 0.6 is 0 Å². The summed E-state index contributed by atoms with van der Waals surface area (Å²) in [5.74, 6) is 0.330. The van der Waals surface area contributed by atoms with Gasteiger partial charge >= 0.3 is 0 Å². The van der Waals surface area contributed by atoms with Crippen molar-refractivity contribution in [1.29, 1.82) is 0 Å². The Balaban J connectivity index is 0. The molecular weight excluding hydrogens is 1050 g/mol. The van der Waals surface area contributed by atoms with Crippen molar-refractivity contribution in [2.75, 3.05) is 78.6 Å². The average Bonchev–Trinajstić information content (AvgIpc) is 3.54. The molecule has 0 aromatic carbocycles. The fourth-order valence-electron chi connectivity index (χ4n) is 10.5. The molecule has 84 heavy (non-hydrogen) atoms. The molecule has 3 amide bonds. The predicted molar refractivity (Wildman–Crippen MR) is 356 cm³/mol. The van der Waals surface area contributed by atoms with Crippen LogP contribution in [0.1, 0.15) is 317 Å². The van der Waals surface area contributed by atoms with Gasteiger partial charge in [-0.05, 0) is 135 Å². The van der Waals surface area contributed by atoms with Crippen molar-refractivity contribution in [2.24, 2.45) is 5.92 Å². The summed E-state index contributed by atoms with van der Waals surface area (Å²) < 4.78 is 0. The van der Waals surface area contributed by atoms with Crippen molar-refractivity contribution in [3.8, 4) is 0 Å². The molecule has 0 spiro atoms. The number of nitrogens with one attached hydrogen (secondary N) is 7. The molecule has 12 N–H and O–H groups in total. The first kappa shape index (κ1) is 84.1. The van der Waals surface area contributed by atoms with Gasteiger partial charge in [-0.2, -0.15) is 0 Å². The molecule has 0 saturated carbocycles. The zero-order valence-corrected chi connectivity index (χ0v) is 55.7. The van der Waals surface area contributed by atoms with Crippen LogP contribution in [0.15, 0.2) is 0 Å². The number of hydrogen-bond acceptors (Lipinski definition) is 12. The van der Waals surface area contributed by atoms with Gasteiger partial charge in [0.05, 0.1) is 6.61 Å². The Morgan fingerprint density at radius 3 is 0.952 bits per heavy atom. The number of amides is 3. The molecule has 15 heteroatoms. The average molecular weight is 1200 g/mol. The molecular formula is C69H143N7O8. The Bertz CT molecular complexity index is 1320. The Kier molecular flexibility index (Phi) is 70.2. The van der Waals surface area contributed by atoms with Gasteiger partial charge in [-0.15, -0.1) is 0 Å². The third-order valence-electron chi connectivity index (χ3n) is 16.3. The second-order valence-electron chi connectivity index (χ2n) is 24.7. The number of carbonyl (C=O) groups is 3. The van der Waals surface area contributed by atoms with Crippen molar-refractivity contribution < 1.29 is 39.9 Å². The van der Waals surface area contributed by atoms with Crippen molar-refractivity contribution in [3.63, 3.8) is 0 Å². The standard InChI is InChI=1S/C38H81N5O.C31H62N2O7/c1-4-7-10-11-12-13-14-15-16-20-27-38(44)43-34-21-18-17-19-26-37(35-41-32-24-22-30-39-28-8-5-2)36-42-33-25-23-31-40-29-9-6-3;1-2-3-4-5-6-7-8-11-14-17-20-23-32-27(36)22-19-16-13-10-9-12-15-18-21-24-33-31(40)30(39)29(38)28(37)26(35)25-34/h37,39-42H,4-36H2,1-3H3,(H,43,44);26,28-30,34-35,37-39H,2-25H2,1H3,(H,32,36)(H,33,40)/t;26-,28-,29-,30+/m.1/s1. The maximum atomic E-state index is 12.2. The molecule has 0 bridgehead atoms. The number of aliphatic hydroxyl groups is 5. The third kappa shape index (κ3) is 63.1. The molecule has 0 heterocycles. The molecule has 0 rings (SSSR count). The highest BCUT2D eigenvalue weighted by atomic mass is 16.4. The van der Waals surface area contributed by atoms with E-state index < -0.39 is 36.9 Å². The molecule has 4 atom stereocenters. The summed E-state index contributed by atoms with van der Waals surface area (Å²) in [4.78, 5) is 36.0. The molecule has 0 aliphatic heterocycles. The van der Waals surface area contributed by atoms with Crippen LogP contribution in [0.2, 0.25) is 0 Å². The van der Waals surface area contributed by atoms with Gasteiger partial charge in [0.1, 0.15) is 18.3 Å². The normalized spacial score (nSPS) is 12.9. The van der Waals surface area contributed by atoms with E-state index in [-0.39, 0.29) is 11.8 Å². The fraction of sp³-hybridized carbons (Fsp3) is 0.957. The van der Waals surface area contributed by atoms with Gasteiger partial charge in [-0.1, -0.05) is 227 Å². The van der Waals surface area contributed by atoms with Gasteiger partial charge in [0, 0.05) is 32.5 Å². The van der Waals surface area contributed by atoms with E-state index in [0.29, 0.717) is 25.3 Å². The summed E-state index contributed by atoms with van der Waals surface area (Å²) in [6.07, 6.45) is 47.5. The highest BCUT2D eigenvalue weighted by Crippen LogP contribution is 2.15. The van der Waals surface area contributed by atoms with Crippen LogP contribution in [0.25, 0.3) is 0 Å². The van der Waals surface area contributed by atoms with Crippen LogP contribution < -0.4 is 37.2 Å². The largest absolute Gasteiger partial charge is 0.394 e. The Morgan fingerprint density at radius 2 is 0.595 bits per heavy atom. The summed E-state index contributed by atoms with van der Waals surface area (Å²) >= 11 is 0. The van der Waals surface area contributed by atoms with Crippen molar-refractivity contribution in [1.82, 2.24) is 37.2 Å². The molecule has 502 valence electrons. The summed E-state index contributed by atoms with van der Waals surface area (Å²) in [7, 11) is 0. The highest BCUT2D eigenvalue weighted by Gasteiger charge is 2.34. The fourth-order valence-corrected chi connectivity index (χ4v) is 10.5. The van der Waals surface area contributed by atoms with Gasteiger partial charge in [0.15, 0.2) is 6.10 Å². The first-order valence-corrected chi connectivity index (χ1v) is 36.1. The van der Waals surface area contributed by atoms with E-state index in [2.05, 4.69) is 64.9 Å². The van der Waals surface area contributed by atoms with E-state index in [9.17, 15) is 34.8 Å². The second-order valence-corrected chi connectivity index (χ2v) is 24.7. The molecule has 15 nitrogen and oxygen atoms in total.